The Morgan fingerprint density at radius 1 is 1.71 bits per heavy atom. The number of H-pyrrole nitrogens is 1. The number of hydrogen-bond acceptors (Lipinski definition) is 5. The van der Waals surface area contributed by atoms with Crippen LogP contribution >= 0.6 is 0 Å². The molecule has 1 amide bonds. The van der Waals surface area contributed by atoms with Gasteiger partial charge < -0.3 is 16.0 Å². The highest BCUT2D eigenvalue weighted by Gasteiger charge is 2.12. The molecule has 1 rings (SSSR count). The Morgan fingerprint density at radius 2 is 2.43 bits per heavy atom. The fourth-order valence-electron chi connectivity index (χ4n) is 0.983. The van der Waals surface area contributed by atoms with Gasteiger partial charge >= 0.3 is 0 Å². The lowest BCUT2D eigenvalue weighted by atomic mass is 10.5. The average molecular weight is 198 g/mol. The SMILES string of the molecule is CCN(CC(=O)NC)c1n[nH]c(N)n1. The van der Waals surface area contributed by atoms with Gasteiger partial charge in [0.1, 0.15) is 0 Å². The van der Waals surface area contributed by atoms with Gasteiger partial charge in [-0.2, -0.15) is 4.98 Å². The van der Waals surface area contributed by atoms with Gasteiger partial charge in [-0.15, -0.1) is 5.10 Å². The molecule has 1 aromatic heterocycles. The molecular formula is C7H14N6O. The molecule has 0 saturated heterocycles. The number of nitrogens with zero attached hydrogens (tertiary/aromatic N) is 3. The highest BCUT2D eigenvalue weighted by atomic mass is 16.1. The highest BCUT2D eigenvalue weighted by molar-refractivity contribution is 5.80. The van der Waals surface area contributed by atoms with E-state index >= 15 is 0 Å². The van der Waals surface area contributed by atoms with Crippen molar-refractivity contribution in [2.75, 3.05) is 30.8 Å². The summed E-state index contributed by atoms with van der Waals surface area (Å²) < 4.78 is 0. The minimum absolute atomic E-state index is 0.0878. The molecule has 1 heterocycles. The summed E-state index contributed by atoms with van der Waals surface area (Å²) in [6.45, 7) is 2.78. The number of amides is 1. The second kappa shape index (κ2) is 4.45. The smallest absolute Gasteiger partial charge is 0.246 e. The summed E-state index contributed by atoms with van der Waals surface area (Å²) in [5, 5.41) is 8.91. The van der Waals surface area contributed by atoms with E-state index in [9.17, 15) is 4.79 Å². The number of likely N-dealkylation sites (N-methyl/N-ethyl adjacent to an activating group) is 2. The van der Waals surface area contributed by atoms with Gasteiger partial charge in [0.05, 0.1) is 6.54 Å². The Hall–Kier alpha value is -1.79. The number of carbonyl (C=O) groups is 1. The normalized spacial score (nSPS) is 9.86. The molecule has 0 fully saturated rings. The summed E-state index contributed by atoms with van der Waals surface area (Å²) in [6, 6.07) is 0. The molecule has 0 saturated carbocycles. The van der Waals surface area contributed by atoms with E-state index in [0.717, 1.165) is 0 Å². The number of aromatic amines is 1. The van der Waals surface area contributed by atoms with Crippen LogP contribution in [-0.2, 0) is 4.79 Å². The van der Waals surface area contributed by atoms with Gasteiger partial charge in [-0.3, -0.25) is 4.79 Å². The number of carbonyl (C=O) groups excluding carboxylic acids is 1. The monoisotopic (exact) mass is 198 g/mol. The molecule has 0 bridgehead atoms. The molecule has 14 heavy (non-hydrogen) atoms. The van der Waals surface area contributed by atoms with Gasteiger partial charge in [0.15, 0.2) is 0 Å². The summed E-state index contributed by atoms with van der Waals surface area (Å²) in [5.74, 6) is 0.596. The summed E-state index contributed by atoms with van der Waals surface area (Å²) >= 11 is 0. The first-order chi connectivity index (χ1) is 6.67. The second-order valence-electron chi connectivity index (χ2n) is 2.71. The topological polar surface area (TPSA) is 99.9 Å². The van der Waals surface area contributed by atoms with Crippen molar-refractivity contribution in [1.29, 1.82) is 0 Å². The average Bonchev–Trinajstić information content (AvgIpc) is 2.60. The maximum atomic E-state index is 11.1. The van der Waals surface area contributed by atoms with Crippen molar-refractivity contribution < 1.29 is 4.79 Å². The van der Waals surface area contributed by atoms with E-state index < -0.39 is 0 Å². The molecule has 78 valence electrons. The molecule has 0 radical (unpaired) electrons. The Bertz CT molecular complexity index is 309. The van der Waals surface area contributed by atoms with Crippen LogP contribution in [0.1, 0.15) is 6.92 Å². The minimum Gasteiger partial charge on any atom is -0.368 e. The predicted octanol–water partition coefficient (Wildman–Crippen LogP) is -1.04. The van der Waals surface area contributed by atoms with E-state index in [1.807, 2.05) is 6.92 Å². The van der Waals surface area contributed by atoms with Crippen LogP contribution in [0.4, 0.5) is 11.9 Å². The molecule has 0 unspecified atom stereocenters. The van der Waals surface area contributed by atoms with Gasteiger partial charge in [0.25, 0.3) is 0 Å². The third-order valence-electron chi connectivity index (χ3n) is 1.77. The molecule has 7 nitrogen and oxygen atoms in total. The van der Waals surface area contributed by atoms with Gasteiger partial charge in [-0.25, -0.2) is 5.10 Å². The third-order valence-corrected chi connectivity index (χ3v) is 1.77. The molecule has 0 aliphatic carbocycles. The molecule has 0 atom stereocenters. The maximum absolute atomic E-state index is 11.1. The van der Waals surface area contributed by atoms with E-state index in [-0.39, 0.29) is 18.4 Å². The minimum atomic E-state index is -0.0878. The summed E-state index contributed by atoms with van der Waals surface area (Å²) in [4.78, 5) is 16.8. The van der Waals surface area contributed by atoms with Crippen molar-refractivity contribution >= 4 is 17.8 Å². The Morgan fingerprint density at radius 3 is 2.86 bits per heavy atom. The fraction of sp³-hybridized carbons (Fsp3) is 0.571. The zero-order valence-corrected chi connectivity index (χ0v) is 8.24. The van der Waals surface area contributed by atoms with Crippen LogP contribution in [0, 0.1) is 0 Å². The number of hydrogen-bond donors (Lipinski definition) is 3. The fourth-order valence-corrected chi connectivity index (χ4v) is 0.983. The largest absolute Gasteiger partial charge is 0.368 e. The first kappa shape index (κ1) is 10.3. The van der Waals surface area contributed by atoms with Crippen molar-refractivity contribution in [3.63, 3.8) is 0 Å². The molecule has 7 heteroatoms. The lowest BCUT2D eigenvalue weighted by molar-refractivity contribution is -0.119. The van der Waals surface area contributed by atoms with Crippen molar-refractivity contribution in [3.8, 4) is 0 Å². The Kier molecular flexibility index (Phi) is 3.27. The lowest BCUT2D eigenvalue weighted by Crippen LogP contribution is -2.36. The van der Waals surface area contributed by atoms with Crippen molar-refractivity contribution in [1.82, 2.24) is 20.5 Å². The standard InChI is InChI=1S/C7H14N6O/c1-3-13(4-5(14)9-2)7-10-6(8)11-12-7/h3-4H2,1-2H3,(H,9,14)(H3,8,10,11,12). The quantitative estimate of drug-likeness (QED) is 0.573. The van der Waals surface area contributed by atoms with Gasteiger partial charge in [0, 0.05) is 13.6 Å². The van der Waals surface area contributed by atoms with E-state index in [2.05, 4.69) is 20.5 Å². The number of anilines is 2. The number of nitrogens with one attached hydrogen (secondary N) is 2. The van der Waals surface area contributed by atoms with Crippen LogP contribution in [0.15, 0.2) is 0 Å². The summed E-state index contributed by atoms with van der Waals surface area (Å²) in [7, 11) is 1.59. The summed E-state index contributed by atoms with van der Waals surface area (Å²) in [6.07, 6.45) is 0. The third kappa shape index (κ3) is 2.35. The van der Waals surface area contributed by atoms with Crippen LogP contribution in [0.25, 0.3) is 0 Å². The lowest BCUT2D eigenvalue weighted by Gasteiger charge is -2.16. The van der Waals surface area contributed by atoms with Crippen molar-refractivity contribution in [3.05, 3.63) is 0 Å². The molecular weight excluding hydrogens is 184 g/mol. The highest BCUT2D eigenvalue weighted by Crippen LogP contribution is 2.06. The van der Waals surface area contributed by atoms with Crippen molar-refractivity contribution in [2.24, 2.45) is 0 Å². The molecule has 0 aliphatic rings. The summed E-state index contributed by atoms with van der Waals surface area (Å²) in [5.41, 5.74) is 5.38. The number of nitrogen functional groups attached to an aromatic ring is 1. The van der Waals surface area contributed by atoms with E-state index in [4.69, 9.17) is 5.73 Å². The van der Waals surface area contributed by atoms with Gasteiger partial charge in [-0.1, -0.05) is 0 Å². The van der Waals surface area contributed by atoms with Crippen LogP contribution < -0.4 is 16.0 Å². The first-order valence-corrected chi connectivity index (χ1v) is 4.30. The predicted molar refractivity (Wildman–Crippen MR) is 52.7 cm³/mol. The zero-order valence-electron chi connectivity index (χ0n) is 8.24. The number of aromatic nitrogens is 3. The van der Waals surface area contributed by atoms with Gasteiger partial charge in [0.2, 0.25) is 17.8 Å². The molecule has 0 spiro atoms. The molecule has 0 aromatic carbocycles. The van der Waals surface area contributed by atoms with Crippen molar-refractivity contribution in [2.45, 2.75) is 6.92 Å². The first-order valence-electron chi connectivity index (χ1n) is 4.30. The number of rotatable bonds is 4. The molecule has 0 aliphatic heterocycles. The number of nitrogens with two attached hydrogens (primary N) is 1. The van der Waals surface area contributed by atoms with Gasteiger partial charge in [-0.05, 0) is 6.92 Å². The van der Waals surface area contributed by atoms with Crippen LogP contribution in [-0.4, -0.2) is 41.2 Å². The Labute approximate surface area is 81.7 Å². The van der Waals surface area contributed by atoms with E-state index in [1.165, 1.54) is 0 Å². The van der Waals surface area contributed by atoms with Crippen LogP contribution in [0.2, 0.25) is 0 Å². The van der Waals surface area contributed by atoms with E-state index in [0.29, 0.717) is 12.5 Å². The van der Waals surface area contributed by atoms with Crippen LogP contribution in [0.3, 0.4) is 0 Å². The second-order valence-corrected chi connectivity index (χ2v) is 2.71. The zero-order chi connectivity index (χ0) is 10.6. The van der Waals surface area contributed by atoms with Crippen LogP contribution in [0.5, 0.6) is 0 Å². The molecule has 1 aromatic rings. The Balaban J connectivity index is 2.67. The van der Waals surface area contributed by atoms with E-state index in [1.54, 1.807) is 11.9 Å². The molecule has 4 N–H and O–H groups in total. The maximum Gasteiger partial charge on any atom is 0.246 e.